The van der Waals surface area contributed by atoms with E-state index in [-0.39, 0.29) is 5.69 Å². The van der Waals surface area contributed by atoms with Gasteiger partial charge in [0, 0.05) is 18.7 Å². The summed E-state index contributed by atoms with van der Waals surface area (Å²) >= 11 is 0. The Balaban J connectivity index is 3.08. The summed E-state index contributed by atoms with van der Waals surface area (Å²) in [4.78, 5) is 10.1. The molecule has 0 aromatic heterocycles. The number of nitrogens with zero attached hydrogens (tertiary/aromatic N) is 1. The first-order valence-electron chi connectivity index (χ1n) is 4.27. The average molecular weight is 192 g/mol. The number of nitrogens with two attached hydrogens (primary N) is 1. The van der Waals surface area contributed by atoms with Gasteiger partial charge in [0.05, 0.1) is 4.92 Å². The molecule has 0 aliphatic carbocycles. The van der Waals surface area contributed by atoms with Crippen LogP contribution in [0.1, 0.15) is 11.1 Å². The van der Waals surface area contributed by atoms with Crippen LogP contribution in [-0.4, -0.2) is 11.5 Å². The SMILES string of the molecule is Cc1ccc([N+](=O)[O-])cc1/C=C/CN. The predicted molar refractivity (Wildman–Crippen MR) is 55.9 cm³/mol. The molecule has 0 saturated heterocycles. The van der Waals surface area contributed by atoms with Gasteiger partial charge < -0.3 is 5.73 Å². The molecule has 0 aliphatic rings. The molecule has 1 rings (SSSR count). The van der Waals surface area contributed by atoms with Crippen LogP contribution in [0.4, 0.5) is 5.69 Å². The third-order valence-corrected chi connectivity index (χ3v) is 1.91. The molecule has 2 N–H and O–H groups in total. The van der Waals surface area contributed by atoms with E-state index in [0.29, 0.717) is 6.54 Å². The van der Waals surface area contributed by atoms with Crippen LogP contribution >= 0.6 is 0 Å². The molecule has 1 aromatic carbocycles. The lowest BCUT2D eigenvalue weighted by Gasteiger charge is -1.99. The van der Waals surface area contributed by atoms with E-state index in [4.69, 9.17) is 5.73 Å². The topological polar surface area (TPSA) is 69.2 Å². The first-order valence-corrected chi connectivity index (χ1v) is 4.27. The van der Waals surface area contributed by atoms with Gasteiger partial charge in [-0.3, -0.25) is 10.1 Å². The van der Waals surface area contributed by atoms with Gasteiger partial charge in [-0.05, 0) is 18.1 Å². The molecule has 0 fully saturated rings. The van der Waals surface area contributed by atoms with E-state index < -0.39 is 4.92 Å². The molecule has 0 bridgehead atoms. The van der Waals surface area contributed by atoms with E-state index in [1.165, 1.54) is 6.07 Å². The highest BCUT2D eigenvalue weighted by Gasteiger charge is 2.05. The maximum absolute atomic E-state index is 10.5. The van der Waals surface area contributed by atoms with E-state index in [9.17, 15) is 10.1 Å². The van der Waals surface area contributed by atoms with Crippen LogP contribution in [0, 0.1) is 17.0 Å². The van der Waals surface area contributed by atoms with Crippen molar-refractivity contribution in [1.29, 1.82) is 0 Å². The Morgan fingerprint density at radius 3 is 2.86 bits per heavy atom. The summed E-state index contributed by atoms with van der Waals surface area (Å²) in [5, 5.41) is 10.5. The highest BCUT2D eigenvalue weighted by Crippen LogP contribution is 2.18. The highest BCUT2D eigenvalue weighted by molar-refractivity contribution is 5.57. The fourth-order valence-electron chi connectivity index (χ4n) is 1.12. The summed E-state index contributed by atoms with van der Waals surface area (Å²) in [7, 11) is 0. The van der Waals surface area contributed by atoms with Gasteiger partial charge in [-0.15, -0.1) is 0 Å². The van der Waals surface area contributed by atoms with Gasteiger partial charge in [0.15, 0.2) is 0 Å². The molecule has 0 aliphatic heterocycles. The Morgan fingerprint density at radius 1 is 1.57 bits per heavy atom. The predicted octanol–water partition coefficient (Wildman–Crippen LogP) is 1.88. The van der Waals surface area contributed by atoms with Crippen molar-refractivity contribution in [3.8, 4) is 0 Å². The van der Waals surface area contributed by atoms with Crippen molar-refractivity contribution in [3.63, 3.8) is 0 Å². The lowest BCUT2D eigenvalue weighted by atomic mass is 10.1. The zero-order valence-corrected chi connectivity index (χ0v) is 7.93. The van der Waals surface area contributed by atoms with Crippen LogP contribution in [0.25, 0.3) is 6.08 Å². The monoisotopic (exact) mass is 192 g/mol. The van der Waals surface area contributed by atoms with Gasteiger partial charge in [-0.25, -0.2) is 0 Å². The zero-order valence-electron chi connectivity index (χ0n) is 7.93. The van der Waals surface area contributed by atoms with Crippen LogP contribution in [0.5, 0.6) is 0 Å². The molecule has 4 nitrogen and oxygen atoms in total. The Labute approximate surface area is 82.2 Å². The van der Waals surface area contributed by atoms with Crippen LogP contribution < -0.4 is 5.73 Å². The van der Waals surface area contributed by atoms with Crippen molar-refractivity contribution in [2.24, 2.45) is 5.73 Å². The molecule has 14 heavy (non-hydrogen) atoms. The van der Waals surface area contributed by atoms with Crippen molar-refractivity contribution in [2.75, 3.05) is 6.54 Å². The van der Waals surface area contributed by atoms with Crippen LogP contribution in [0.3, 0.4) is 0 Å². The highest BCUT2D eigenvalue weighted by atomic mass is 16.6. The van der Waals surface area contributed by atoms with E-state index >= 15 is 0 Å². The van der Waals surface area contributed by atoms with Crippen LogP contribution in [0.2, 0.25) is 0 Å². The first-order chi connectivity index (χ1) is 6.65. The Kier molecular flexibility index (Phi) is 3.36. The number of hydrogen-bond acceptors (Lipinski definition) is 3. The van der Waals surface area contributed by atoms with Crippen molar-refractivity contribution in [1.82, 2.24) is 0 Å². The molecule has 1 aromatic rings. The first kappa shape index (κ1) is 10.4. The second-order valence-electron chi connectivity index (χ2n) is 2.94. The second-order valence-corrected chi connectivity index (χ2v) is 2.94. The average Bonchev–Trinajstić information content (AvgIpc) is 2.16. The molecule has 0 unspecified atom stereocenters. The van der Waals surface area contributed by atoms with Crippen molar-refractivity contribution < 1.29 is 4.92 Å². The molecule has 0 heterocycles. The normalized spacial score (nSPS) is 10.7. The van der Waals surface area contributed by atoms with Gasteiger partial charge in [-0.1, -0.05) is 18.2 Å². The Morgan fingerprint density at radius 2 is 2.29 bits per heavy atom. The van der Waals surface area contributed by atoms with E-state index in [1.54, 1.807) is 24.3 Å². The summed E-state index contributed by atoms with van der Waals surface area (Å²) in [5.41, 5.74) is 7.25. The lowest BCUT2D eigenvalue weighted by Crippen LogP contribution is -1.93. The van der Waals surface area contributed by atoms with Gasteiger partial charge in [-0.2, -0.15) is 0 Å². The number of hydrogen-bond donors (Lipinski definition) is 1. The van der Waals surface area contributed by atoms with Gasteiger partial charge >= 0.3 is 0 Å². The summed E-state index contributed by atoms with van der Waals surface area (Å²) < 4.78 is 0. The van der Waals surface area contributed by atoms with Crippen molar-refractivity contribution in [3.05, 3.63) is 45.5 Å². The molecule has 0 atom stereocenters. The molecule has 0 saturated carbocycles. The third-order valence-electron chi connectivity index (χ3n) is 1.91. The fourth-order valence-corrected chi connectivity index (χ4v) is 1.12. The molecule has 4 heteroatoms. The minimum Gasteiger partial charge on any atom is -0.327 e. The number of benzene rings is 1. The van der Waals surface area contributed by atoms with Gasteiger partial charge in [0.1, 0.15) is 0 Å². The third kappa shape index (κ3) is 2.40. The summed E-state index contributed by atoms with van der Waals surface area (Å²) in [5.74, 6) is 0. The van der Waals surface area contributed by atoms with E-state index in [1.807, 2.05) is 6.92 Å². The second kappa shape index (κ2) is 4.53. The fraction of sp³-hybridized carbons (Fsp3) is 0.200. The van der Waals surface area contributed by atoms with Crippen LogP contribution in [0.15, 0.2) is 24.3 Å². The standard InChI is InChI=1S/C10H12N2O2/c1-8-4-5-10(12(13)14)7-9(8)3-2-6-11/h2-5,7H,6,11H2,1H3/b3-2+. The largest absolute Gasteiger partial charge is 0.327 e. The summed E-state index contributed by atoms with van der Waals surface area (Å²) in [6.07, 6.45) is 3.56. The molecule has 0 radical (unpaired) electrons. The number of nitro groups is 1. The van der Waals surface area contributed by atoms with E-state index in [0.717, 1.165) is 11.1 Å². The number of rotatable bonds is 3. The zero-order chi connectivity index (χ0) is 10.6. The van der Waals surface area contributed by atoms with Crippen molar-refractivity contribution >= 4 is 11.8 Å². The minimum atomic E-state index is -0.404. The Hall–Kier alpha value is -1.68. The number of aryl methyl sites for hydroxylation is 1. The number of nitro benzene ring substituents is 1. The molecule has 0 spiro atoms. The summed E-state index contributed by atoms with van der Waals surface area (Å²) in [6.45, 7) is 2.34. The maximum atomic E-state index is 10.5. The Bertz CT molecular complexity index is 372. The molecule has 0 amide bonds. The molecule has 74 valence electrons. The maximum Gasteiger partial charge on any atom is 0.270 e. The molecular weight excluding hydrogens is 180 g/mol. The molecular formula is C10H12N2O2. The quantitative estimate of drug-likeness (QED) is 0.587. The van der Waals surface area contributed by atoms with Crippen LogP contribution in [-0.2, 0) is 0 Å². The minimum absolute atomic E-state index is 0.104. The number of non-ortho nitro benzene ring substituents is 1. The summed E-state index contributed by atoms with van der Waals surface area (Å²) in [6, 6.07) is 4.77. The van der Waals surface area contributed by atoms with E-state index in [2.05, 4.69) is 0 Å². The lowest BCUT2D eigenvalue weighted by molar-refractivity contribution is -0.384. The van der Waals surface area contributed by atoms with Crippen molar-refractivity contribution in [2.45, 2.75) is 6.92 Å². The smallest absolute Gasteiger partial charge is 0.270 e. The van der Waals surface area contributed by atoms with Gasteiger partial charge in [0.25, 0.3) is 5.69 Å². The van der Waals surface area contributed by atoms with Gasteiger partial charge in [0.2, 0.25) is 0 Å².